The summed E-state index contributed by atoms with van der Waals surface area (Å²) in [7, 11) is -4.64. The zero-order chi connectivity index (χ0) is 8.08. The molecule has 0 aromatic heterocycles. The fourth-order valence-corrected chi connectivity index (χ4v) is 0. The summed E-state index contributed by atoms with van der Waals surface area (Å²) in [5.74, 6) is 0. The van der Waals surface area contributed by atoms with E-state index in [1.165, 1.54) is 0 Å². The van der Waals surface area contributed by atoms with Crippen LogP contribution in [0.25, 0.3) is 0 Å². The van der Waals surface area contributed by atoms with Crippen LogP contribution in [-0.2, 0) is 20.1 Å². The van der Waals surface area contributed by atoms with Crippen LogP contribution >= 0.6 is 7.82 Å². The monoisotopic (exact) mass is 231 g/mol. The molecule has 0 unspecified atom stereocenters. The van der Waals surface area contributed by atoms with E-state index < -0.39 is 23.4 Å². The first kappa shape index (κ1) is 17.5. The van der Waals surface area contributed by atoms with Crippen LogP contribution in [0.15, 0.2) is 0 Å². The van der Waals surface area contributed by atoms with Crippen molar-refractivity contribution in [1.82, 2.24) is 0 Å². The fourth-order valence-electron chi connectivity index (χ4n) is 0. The summed E-state index contributed by atoms with van der Waals surface area (Å²) in [4.78, 5) is 21.6. The van der Waals surface area contributed by atoms with Crippen LogP contribution in [0.4, 0.5) is 10.6 Å². The van der Waals surface area contributed by atoms with Gasteiger partial charge in [-0.2, -0.15) is 0 Å². The molecule has 61 valence electrons. The van der Waals surface area contributed by atoms with Crippen molar-refractivity contribution in [2.45, 2.75) is 0 Å². The topological polar surface area (TPSA) is 77.8 Å². The van der Waals surface area contributed by atoms with Crippen LogP contribution in [0.1, 0.15) is 0 Å². The van der Waals surface area contributed by atoms with Crippen LogP contribution in [0.3, 0.4) is 0 Å². The van der Waals surface area contributed by atoms with Crippen molar-refractivity contribution >= 4 is 37.4 Å². The molecule has 0 bridgehead atoms. The maximum atomic E-state index is 9.79. The summed E-state index contributed by atoms with van der Waals surface area (Å²) in [5.41, 5.74) is 0. The molecule has 0 spiro atoms. The SMILES string of the molecule is O=P(O)(O)O.[F][Cr]([F])[F].[NaH]. The molecule has 0 saturated carbocycles. The van der Waals surface area contributed by atoms with Crippen molar-refractivity contribution in [3.8, 4) is 0 Å². The van der Waals surface area contributed by atoms with Crippen molar-refractivity contribution < 1.29 is 45.3 Å². The van der Waals surface area contributed by atoms with Gasteiger partial charge in [-0.1, -0.05) is 0 Å². The van der Waals surface area contributed by atoms with Crippen molar-refractivity contribution in [3.05, 3.63) is 0 Å². The van der Waals surface area contributed by atoms with E-state index in [4.69, 9.17) is 19.2 Å². The van der Waals surface area contributed by atoms with E-state index in [-0.39, 0.29) is 29.6 Å². The van der Waals surface area contributed by atoms with Gasteiger partial charge in [-0.15, -0.1) is 0 Å². The van der Waals surface area contributed by atoms with Crippen LogP contribution < -0.4 is 0 Å². The van der Waals surface area contributed by atoms with Gasteiger partial charge < -0.3 is 14.7 Å². The average molecular weight is 231 g/mol. The van der Waals surface area contributed by atoms with E-state index in [1.54, 1.807) is 0 Å². The van der Waals surface area contributed by atoms with E-state index in [9.17, 15) is 10.6 Å². The molecular formula is H4CrF3NaO4P. The van der Waals surface area contributed by atoms with Gasteiger partial charge in [-0.3, -0.25) is 0 Å². The standard InChI is InChI=1S/Cr.3FH.Na.H3O4P.H/c;;;;;1-5(2,3)4;/h;3*1H;;(H3,1,2,3,4);/q+3;;;;;;/p-3. The van der Waals surface area contributed by atoms with Gasteiger partial charge in [0, 0.05) is 0 Å². The zero-order valence-electron chi connectivity index (χ0n) is 3.74. The van der Waals surface area contributed by atoms with E-state index in [2.05, 4.69) is 0 Å². The van der Waals surface area contributed by atoms with Gasteiger partial charge in [0.1, 0.15) is 0 Å². The molecule has 0 atom stereocenters. The first-order chi connectivity index (χ1) is 3.73. The Balaban J connectivity index is -0.0000000910. The third-order valence-electron chi connectivity index (χ3n) is 0. The van der Waals surface area contributed by atoms with Gasteiger partial charge in [0.25, 0.3) is 0 Å². The summed E-state index contributed by atoms with van der Waals surface area (Å²) in [6.45, 7) is 0. The van der Waals surface area contributed by atoms with Crippen molar-refractivity contribution in [2.75, 3.05) is 0 Å². The third kappa shape index (κ3) is 327. The summed E-state index contributed by atoms with van der Waals surface area (Å²) < 4.78 is 38.3. The molecule has 0 radical (unpaired) electrons. The predicted molar refractivity (Wildman–Crippen MR) is 24.7 cm³/mol. The van der Waals surface area contributed by atoms with Crippen molar-refractivity contribution in [3.63, 3.8) is 0 Å². The normalized spacial score (nSPS) is 9.50. The Morgan fingerprint density at radius 1 is 1.10 bits per heavy atom. The van der Waals surface area contributed by atoms with Gasteiger partial charge in [0.05, 0.1) is 0 Å². The average Bonchev–Trinajstić information content (AvgIpc) is 1.19. The summed E-state index contributed by atoms with van der Waals surface area (Å²) >= 11 is -4.54. The van der Waals surface area contributed by atoms with Crippen molar-refractivity contribution in [1.29, 1.82) is 0 Å². The Hall–Kier alpha value is 1.43. The van der Waals surface area contributed by atoms with Crippen LogP contribution in [0, 0.1) is 0 Å². The van der Waals surface area contributed by atoms with E-state index in [0.717, 1.165) is 0 Å². The van der Waals surface area contributed by atoms with Crippen LogP contribution in [0.5, 0.6) is 0 Å². The second-order valence-corrected chi connectivity index (χ2v) is 2.26. The zero-order valence-corrected chi connectivity index (χ0v) is 5.91. The summed E-state index contributed by atoms with van der Waals surface area (Å²) in [6.07, 6.45) is 0. The third-order valence-corrected chi connectivity index (χ3v) is 0. The molecule has 0 heterocycles. The van der Waals surface area contributed by atoms with Gasteiger partial charge in [0.15, 0.2) is 0 Å². The minimum atomic E-state index is -4.64. The molecule has 0 aliphatic rings. The van der Waals surface area contributed by atoms with E-state index >= 15 is 0 Å². The minimum absolute atomic E-state index is 0. The fraction of sp³-hybridized carbons (Fsp3) is 0. The Bertz CT molecular complexity index is 91.7. The van der Waals surface area contributed by atoms with E-state index in [0.29, 0.717) is 0 Å². The molecule has 10 heteroatoms. The second kappa shape index (κ2) is 8.53. The van der Waals surface area contributed by atoms with Gasteiger partial charge >= 0.3 is 63.5 Å². The maximum absolute atomic E-state index is 9.79. The Morgan fingerprint density at radius 3 is 1.10 bits per heavy atom. The van der Waals surface area contributed by atoms with Crippen LogP contribution in [0.2, 0.25) is 0 Å². The van der Waals surface area contributed by atoms with Gasteiger partial charge in [-0.05, 0) is 0 Å². The molecule has 4 nitrogen and oxygen atoms in total. The van der Waals surface area contributed by atoms with Gasteiger partial charge in [-0.25, -0.2) is 4.57 Å². The molecule has 0 rings (SSSR count). The molecule has 0 aliphatic heterocycles. The molecule has 10 heavy (non-hydrogen) atoms. The number of phosphoric acid groups is 1. The molecule has 3 N–H and O–H groups in total. The molecule has 0 aromatic rings. The number of rotatable bonds is 0. The number of hydrogen-bond donors (Lipinski definition) is 3. The first-order valence-electron chi connectivity index (χ1n) is 1.25. The predicted octanol–water partition coefficient (Wildman–Crippen LogP) is -0.319. The molecule has 0 aromatic carbocycles. The van der Waals surface area contributed by atoms with Crippen LogP contribution in [-0.4, -0.2) is 44.2 Å². The number of halogens is 3. The first-order valence-corrected chi connectivity index (χ1v) is 4.26. The second-order valence-electron chi connectivity index (χ2n) is 0.688. The summed E-state index contributed by atoms with van der Waals surface area (Å²) in [5, 5.41) is 0. The van der Waals surface area contributed by atoms with E-state index in [1.807, 2.05) is 0 Å². The van der Waals surface area contributed by atoms with Crippen molar-refractivity contribution in [2.24, 2.45) is 0 Å². The summed E-state index contributed by atoms with van der Waals surface area (Å²) in [6, 6.07) is 0. The quantitative estimate of drug-likeness (QED) is 0.394. The Morgan fingerprint density at radius 2 is 1.10 bits per heavy atom. The Labute approximate surface area is 82.4 Å². The Kier molecular flexibility index (Phi) is 14.9. The molecular weight excluding hydrogens is 227 g/mol. The number of hydrogen-bond acceptors (Lipinski definition) is 1. The molecule has 0 fully saturated rings. The molecule has 0 saturated heterocycles. The molecule has 0 amide bonds. The van der Waals surface area contributed by atoms with Gasteiger partial charge in [0.2, 0.25) is 0 Å². The molecule has 0 aliphatic carbocycles.